The van der Waals surface area contributed by atoms with Crippen molar-refractivity contribution in [3.8, 4) is 0 Å². The third kappa shape index (κ3) is 3.31. The summed E-state index contributed by atoms with van der Waals surface area (Å²) in [6, 6.07) is -0.0794. The lowest BCUT2D eigenvalue weighted by Crippen LogP contribution is -2.55. The lowest BCUT2D eigenvalue weighted by molar-refractivity contribution is -0.152. The van der Waals surface area contributed by atoms with Crippen molar-refractivity contribution in [2.75, 3.05) is 26.2 Å². The number of amides is 2. The number of nitrogens with zero attached hydrogens (tertiary/aromatic N) is 2. The second-order valence-electron chi connectivity index (χ2n) is 6.73. The number of likely N-dealkylation sites (tertiary alicyclic amines) is 2. The van der Waals surface area contributed by atoms with Gasteiger partial charge in [-0.25, -0.2) is 4.79 Å². The van der Waals surface area contributed by atoms with Crippen LogP contribution in [-0.2, 0) is 4.79 Å². The summed E-state index contributed by atoms with van der Waals surface area (Å²) in [5.41, 5.74) is -1.48. The second kappa shape index (κ2) is 5.83. The van der Waals surface area contributed by atoms with Crippen molar-refractivity contribution < 1.29 is 19.8 Å². The maximum atomic E-state index is 12.6. The first-order valence-electron chi connectivity index (χ1n) is 7.79. The lowest BCUT2D eigenvalue weighted by atomic mass is 9.78. The molecule has 0 spiro atoms. The Labute approximate surface area is 125 Å². The van der Waals surface area contributed by atoms with Crippen LogP contribution < -0.4 is 0 Å². The molecule has 2 fully saturated rings. The average Bonchev–Trinajstić information content (AvgIpc) is 2.46. The number of carbonyl (C=O) groups excluding carboxylic acids is 1. The second-order valence-corrected chi connectivity index (χ2v) is 6.73. The van der Waals surface area contributed by atoms with Gasteiger partial charge in [-0.15, -0.1) is 0 Å². The van der Waals surface area contributed by atoms with Crippen LogP contribution in [0.5, 0.6) is 0 Å². The van der Waals surface area contributed by atoms with Crippen molar-refractivity contribution in [1.82, 2.24) is 9.80 Å². The number of carboxylic acids is 1. The van der Waals surface area contributed by atoms with Gasteiger partial charge in [0.25, 0.3) is 0 Å². The molecule has 2 rings (SSSR count). The molecule has 1 atom stereocenters. The van der Waals surface area contributed by atoms with E-state index in [4.69, 9.17) is 0 Å². The number of rotatable bonds is 2. The van der Waals surface area contributed by atoms with Crippen molar-refractivity contribution in [2.24, 2.45) is 5.41 Å². The molecule has 0 bridgehead atoms. The number of urea groups is 1. The first kappa shape index (κ1) is 16.1. The van der Waals surface area contributed by atoms with E-state index in [2.05, 4.69) is 0 Å². The molecule has 6 nitrogen and oxygen atoms in total. The molecule has 2 N–H and O–H groups in total. The molecule has 2 heterocycles. The SMILES string of the molecule is CCC1(C(=O)O)CCCN(C(=O)N2CCC(C)(O)CC2)C1. The Morgan fingerprint density at radius 3 is 2.24 bits per heavy atom. The summed E-state index contributed by atoms with van der Waals surface area (Å²) in [4.78, 5) is 27.5. The van der Waals surface area contributed by atoms with Gasteiger partial charge in [-0.3, -0.25) is 4.79 Å². The van der Waals surface area contributed by atoms with Crippen LogP contribution in [0.4, 0.5) is 4.79 Å². The van der Waals surface area contributed by atoms with Crippen LogP contribution in [-0.4, -0.2) is 63.8 Å². The molecule has 0 radical (unpaired) electrons. The number of aliphatic hydroxyl groups is 1. The Hall–Kier alpha value is -1.30. The highest BCUT2D eigenvalue weighted by Gasteiger charge is 2.43. The first-order chi connectivity index (χ1) is 9.80. The molecule has 0 saturated carbocycles. The molecule has 0 aliphatic carbocycles. The van der Waals surface area contributed by atoms with Gasteiger partial charge < -0.3 is 20.0 Å². The minimum absolute atomic E-state index is 0.0794. The molecule has 120 valence electrons. The fourth-order valence-corrected chi connectivity index (χ4v) is 3.29. The van der Waals surface area contributed by atoms with E-state index >= 15 is 0 Å². The number of piperidine rings is 2. The normalized spacial score (nSPS) is 29.3. The molecule has 6 heteroatoms. The highest BCUT2D eigenvalue weighted by molar-refractivity contribution is 5.79. The number of carboxylic acid groups (broad SMARTS) is 1. The number of aliphatic carboxylic acids is 1. The Morgan fingerprint density at radius 2 is 1.71 bits per heavy atom. The van der Waals surface area contributed by atoms with Crippen LogP contribution in [0, 0.1) is 5.41 Å². The van der Waals surface area contributed by atoms with Crippen molar-refractivity contribution >= 4 is 12.0 Å². The van der Waals surface area contributed by atoms with Crippen molar-refractivity contribution in [2.45, 2.75) is 51.6 Å². The highest BCUT2D eigenvalue weighted by Crippen LogP contribution is 2.34. The highest BCUT2D eigenvalue weighted by atomic mass is 16.4. The largest absolute Gasteiger partial charge is 0.481 e. The van der Waals surface area contributed by atoms with Crippen LogP contribution in [0.1, 0.15) is 46.0 Å². The molecule has 2 aliphatic heterocycles. The number of hydrogen-bond acceptors (Lipinski definition) is 3. The molecule has 1 unspecified atom stereocenters. The molecular formula is C15H26N2O4. The predicted molar refractivity (Wildman–Crippen MR) is 78.0 cm³/mol. The Balaban J connectivity index is 2.01. The van der Waals surface area contributed by atoms with E-state index in [9.17, 15) is 19.8 Å². The van der Waals surface area contributed by atoms with Gasteiger partial charge in [0.1, 0.15) is 0 Å². The molecule has 2 saturated heterocycles. The first-order valence-corrected chi connectivity index (χ1v) is 7.79. The topological polar surface area (TPSA) is 81.1 Å². The molecule has 21 heavy (non-hydrogen) atoms. The van der Waals surface area contributed by atoms with Crippen molar-refractivity contribution in [1.29, 1.82) is 0 Å². The summed E-state index contributed by atoms with van der Waals surface area (Å²) < 4.78 is 0. The molecular weight excluding hydrogens is 272 g/mol. The molecule has 0 aromatic rings. The summed E-state index contributed by atoms with van der Waals surface area (Å²) in [5, 5.41) is 19.4. The smallest absolute Gasteiger partial charge is 0.320 e. The molecule has 0 aromatic carbocycles. The van der Waals surface area contributed by atoms with E-state index in [1.54, 1.807) is 16.7 Å². The summed E-state index contributed by atoms with van der Waals surface area (Å²) in [5.74, 6) is -0.802. The third-order valence-corrected chi connectivity index (χ3v) is 5.09. The van der Waals surface area contributed by atoms with Gasteiger partial charge in [0.05, 0.1) is 11.0 Å². The zero-order chi connectivity index (χ0) is 15.7. The molecule has 2 amide bonds. The van der Waals surface area contributed by atoms with Gasteiger partial charge in [-0.05, 0) is 39.0 Å². The zero-order valence-corrected chi connectivity index (χ0v) is 13.0. The van der Waals surface area contributed by atoms with Crippen LogP contribution in [0.15, 0.2) is 0 Å². The average molecular weight is 298 g/mol. The van der Waals surface area contributed by atoms with E-state index in [-0.39, 0.29) is 6.03 Å². The minimum Gasteiger partial charge on any atom is -0.481 e. The van der Waals surface area contributed by atoms with Gasteiger partial charge >= 0.3 is 12.0 Å². The standard InChI is InChI=1S/C15H26N2O4/c1-3-15(12(18)19)5-4-8-17(11-15)13(20)16-9-6-14(2,21)7-10-16/h21H,3-11H2,1-2H3,(H,18,19). The maximum Gasteiger partial charge on any atom is 0.320 e. The zero-order valence-electron chi connectivity index (χ0n) is 13.0. The van der Waals surface area contributed by atoms with Gasteiger partial charge in [0.15, 0.2) is 0 Å². The Kier molecular flexibility index (Phi) is 4.46. The van der Waals surface area contributed by atoms with E-state index in [1.807, 2.05) is 6.92 Å². The van der Waals surface area contributed by atoms with Gasteiger partial charge in [-0.1, -0.05) is 6.92 Å². The fourth-order valence-electron chi connectivity index (χ4n) is 3.29. The fraction of sp³-hybridized carbons (Fsp3) is 0.867. The van der Waals surface area contributed by atoms with Crippen LogP contribution >= 0.6 is 0 Å². The minimum atomic E-state index is -0.802. The van der Waals surface area contributed by atoms with E-state index in [1.165, 1.54) is 0 Å². The third-order valence-electron chi connectivity index (χ3n) is 5.09. The molecule has 2 aliphatic rings. The lowest BCUT2D eigenvalue weighted by Gasteiger charge is -2.43. The van der Waals surface area contributed by atoms with Crippen molar-refractivity contribution in [3.05, 3.63) is 0 Å². The number of hydrogen-bond donors (Lipinski definition) is 2. The number of carbonyl (C=O) groups is 2. The monoisotopic (exact) mass is 298 g/mol. The maximum absolute atomic E-state index is 12.6. The van der Waals surface area contributed by atoms with E-state index in [0.29, 0.717) is 51.9 Å². The van der Waals surface area contributed by atoms with Gasteiger partial charge in [-0.2, -0.15) is 0 Å². The van der Waals surface area contributed by atoms with Gasteiger partial charge in [0, 0.05) is 26.2 Å². The summed E-state index contributed by atoms with van der Waals surface area (Å²) in [7, 11) is 0. The quantitative estimate of drug-likeness (QED) is 0.810. The predicted octanol–water partition coefficient (Wildman–Crippen LogP) is 1.53. The summed E-state index contributed by atoms with van der Waals surface area (Å²) in [6.07, 6.45) is 3.06. The van der Waals surface area contributed by atoms with Gasteiger partial charge in [0.2, 0.25) is 0 Å². The van der Waals surface area contributed by atoms with E-state index < -0.39 is 17.0 Å². The summed E-state index contributed by atoms with van der Waals surface area (Å²) in [6.45, 7) is 5.66. The van der Waals surface area contributed by atoms with Crippen LogP contribution in [0.2, 0.25) is 0 Å². The van der Waals surface area contributed by atoms with E-state index in [0.717, 1.165) is 6.42 Å². The van der Waals surface area contributed by atoms with Crippen LogP contribution in [0.3, 0.4) is 0 Å². The summed E-state index contributed by atoms with van der Waals surface area (Å²) >= 11 is 0. The van der Waals surface area contributed by atoms with Crippen LogP contribution in [0.25, 0.3) is 0 Å². The Bertz CT molecular complexity index is 414. The van der Waals surface area contributed by atoms with Crippen molar-refractivity contribution in [3.63, 3.8) is 0 Å². The Morgan fingerprint density at radius 1 is 1.10 bits per heavy atom. The molecule has 0 aromatic heterocycles.